The second-order valence-electron chi connectivity index (χ2n) is 5.94. The van der Waals surface area contributed by atoms with Gasteiger partial charge in [0.1, 0.15) is 5.52 Å². The van der Waals surface area contributed by atoms with Crippen LogP contribution in [0.1, 0.15) is 27.6 Å². The lowest BCUT2D eigenvalue weighted by atomic mass is 10.1. The van der Waals surface area contributed by atoms with E-state index < -0.39 is 0 Å². The summed E-state index contributed by atoms with van der Waals surface area (Å²) in [4.78, 5) is 25.9. The summed E-state index contributed by atoms with van der Waals surface area (Å²) in [5.41, 5.74) is 5.60. The quantitative estimate of drug-likeness (QED) is 0.601. The SMILES string of the molecule is Cc1nc2cccc(NC(=O)c3ccc4nc(C)c(C)nc4c3)c2o1. The molecular weight excluding hydrogens is 316 g/mol. The van der Waals surface area contributed by atoms with Gasteiger partial charge < -0.3 is 9.73 Å². The maximum absolute atomic E-state index is 12.6. The Labute approximate surface area is 143 Å². The van der Waals surface area contributed by atoms with Crippen molar-refractivity contribution in [2.75, 3.05) is 5.32 Å². The number of aromatic nitrogens is 3. The molecule has 2 aromatic carbocycles. The molecule has 0 saturated carbocycles. The third-order valence-corrected chi connectivity index (χ3v) is 4.11. The number of nitrogens with zero attached hydrogens (tertiary/aromatic N) is 3. The van der Waals surface area contributed by atoms with Crippen molar-refractivity contribution in [3.63, 3.8) is 0 Å². The standard InChI is InChI=1S/C19H16N4O2/c1-10-11(2)21-17-9-13(7-8-14(17)20-10)19(24)23-16-6-4-5-15-18(16)25-12(3)22-15/h4-9H,1-3H3,(H,23,24). The molecule has 0 atom stereocenters. The fourth-order valence-corrected chi connectivity index (χ4v) is 2.73. The number of aryl methyl sites for hydroxylation is 3. The highest BCUT2D eigenvalue weighted by molar-refractivity contribution is 6.08. The maximum atomic E-state index is 12.6. The number of carbonyl (C=O) groups is 1. The molecule has 0 unspecified atom stereocenters. The molecular formula is C19H16N4O2. The van der Waals surface area contributed by atoms with E-state index in [1.54, 1.807) is 25.1 Å². The van der Waals surface area contributed by atoms with Crippen molar-refractivity contribution in [2.24, 2.45) is 0 Å². The molecule has 124 valence electrons. The summed E-state index contributed by atoms with van der Waals surface area (Å²) in [6.07, 6.45) is 0. The van der Waals surface area contributed by atoms with Gasteiger partial charge in [0.25, 0.3) is 5.91 Å². The van der Waals surface area contributed by atoms with E-state index in [0.717, 1.165) is 16.9 Å². The minimum absolute atomic E-state index is 0.233. The number of rotatable bonds is 2. The van der Waals surface area contributed by atoms with Gasteiger partial charge in [-0.15, -0.1) is 0 Å². The topological polar surface area (TPSA) is 80.9 Å². The molecule has 0 radical (unpaired) electrons. The number of benzene rings is 2. The summed E-state index contributed by atoms with van der Waals surface area (Å²) in [5.74, 6) is 0.326. The second kappa shape index (κ2) is 5.66. The van der Waals surface area contributed by atoms with E-state index in [0.29, 0.717) is 33.8 Å². The van der Waals surface area contributed by atoms with E-state index in [1.165, 1.54) is 0 Å². The number of fused-ring (bicyclic) bond motifs is 2. The highest BCUT2D eigenvalue weighted by atomic mass is 16.3. The van der Waals surface area contributed by atoms with Crippen LogP contribution >= 0.6 is 0 Å². The number of para-hydroxylation sites is 1. The number of nitrogens with one attached hydrogen (secondary N) is 1. The Bertz CT molecular complexity index is 1130. The largest absolute Gasteiger partial charge is 0.439 e. The Morgan fingerprint density at radius 2 is 1.68 bits per heavy atom. The van der Waals surface area contributed by atoms with E-state index in [4.69, 9.17) is 4.42 Å². The van der Waals surface area contributed by atoms with E-state index in [2.05, 4.69) is 20.3 Å². The summed E-state index contributed by atoms with van der Waals surface area (Å²) in [7, 11) is 0. The Kier molecular flexibility index (Phi) is 3.46. The van der Waals surface area contributed by atoms with Crippen molar-refractivity contribution in [2.45, 2.75) is 20.8 Å². The highest BCUT2D eigenvalue weighted by Gasteiger charge is 2.13. The lowest BCUT2D eigenvalue weighted by Gasteiger charge is -2.07. The Morgan fingerprint density at radius 1 is 0.920 bits per heavy atom. The van der Waals surface area contributed by atoms with E-state index in [9.17, 15) is 4.79 Å². The van der Waals surface area contributed by atoms with Crippen molar-refractivity contribution in [3.05, 3.63) is 59.2 Å². The number of amides is 1. The van der Waals surface area contributed by atoms with E-state index >= 15 is 0 Å². The molecule has 0 aliphatic heterocycles. The lowest BCUT2D eigenvalue weighted by Crippen LogP contribution is -2.12. The molecule has 0 spiro atoms. The Hall–Kier alpha value is -3.28. The number of hydrogen-bond acceptors (Lipinski definition) is 5. The van der Waals surface area contributed by atoms with Crippen molar-refractivity contribution >= 4 is 33.7 Å². The number of carbonyl (C=O) groups excluding carboxylic acids is 1. The average molecular weight is 332 g/mol. The van der Waals surface area contributed by atoms with Gasteiger partial charge >= 0.3 is 0 Å². The molecule has 6 nitrogen and oxygen atoms in total. The third-order valence-electron chi connectivity index (χ3n) is 4.11. The van der Waals surface area contributed by atoms with Gasteiger partial charge in [-0.1, -0.05) is 6.07 Å². The average Bonchev–Trinajstić information content (AvgIpc) is 2.97. The van der Waals surface area contributed by atoms with Crippen LogP contribution < -0.4 is 5.32 Å². The van der Waals surface area contributed by atoms with Gasteiger partial charge in [0.2, 0.25) is 0 Å². The van der Waals surface area contributed by atoms with Gasteiger partial charge in [-0.05, 0) is 44.2 Å². The van der Waals surface area contributed by atoms with Crippen molar-refractivity contribution in [3.8, 4) is 0 Å². The van der Waals surface area contributed by atoms with Crippen LogP contribution in [0.2, 0.25) is 0 Å². The molecule has 4 aromatic rings. The molecule has 1 amide bonds. The summed E-state index contributed by atoms with van der Waals surface area (Å²) < 4.78 is 5.59. The normalized spacial score (nSPS) is 11.2. The van der Waals surface area contributed by atoms with Crippen LogP contribution in [0.5, 0.6) is 0 Å². The first-order valence-electron chi connectivity index (χ1n) is 7.94. The Morgan fingerprint density at radius 3 is 2.48 bits per heavy atom. The van der Waals surface area contributed by atoms with Gasteiger partial charge in [0, 0.05) is 12.5 Å². The monoisotopic (exact) mass is 332 g/mol. The molecule has 2 heterocycles. The molecule has 0 fully saturated rings. The first-order chi connectivity index (χ1) is 12.0. The molecule has 4 rings (SSSR count). The van der Waals surface area contributed by atoms with Crippen LogP contribution in [0.25, 0.3) is 22.1 Å². The number of oxazole rings is 1. The van der Waals surface area contributed by atoms with Crippen LogP contribution in [0.4, 0.5) is 5.69 Å². The van der Waals surface area contributed by atoms with Crippen LogP contribution in [0.3, 0.4) is 0 Å². The minimum atomic E-state index is -0.233. The number of hydrogen-bond donors (Lipinski definition) is 1. The molecule has 0 aliphatic rings. The molecule has 25 heavy (non-hydrogen) atoms. The fraction of sp³-hybridized carbons (Fsp3) is 0.158. The molecule has 1 N–H and O–H groups in total. The number of anilines is 1. The van der Waals surface area contributed by atoms with Gasteiger partial charge in [-0.2, -0.15) is 0 Å². The van der Waals surface area contributed by atoms with Crippen LogP contribution in [0, 0.1) is 20.8 Å². The predicted octanol–water partition coefficient (Wildman–Crippen LogP) is 3.95. The first-order valence-corrected chi connectivity index (χ1v) is 7.94. The van der Waals surface area contributed by atoms with Crippen LogP contribution in [-0.4, -0.2) is 20.9 Å². The highest BCUT2D eigenvalue weighted by Crippen LogP contribution is 2.25. The van der Waals surface area contributed by atoms with Crippen LogP contribution in [0.15, 0.2) is 40.8 Å². The molecule has 6 heteroatoms. The smallest absolute Gasteiger partial charge is 0.255 e. The molecule has 0 bridgehead atoms. The first kappa shape index (κ1) is 15.3. The zero-order valence-electron chi connectivity index (χ0n) is 14.1. The van der Waals surface area contributed by atoms with Crippen molar-refractivity contribution in [1.82, 2.24) is 15.0 Å². The van der Waals surface area contributed by atoms with Crippen molar-refractivity contribution < 1.29 is 9.21 Å². The third kappa shape index (κ3) is 2.71. The predicted molar refractivity (Wildman–Crippen MR) is 95.7 cm³/mol. The van der Waals surface area contributed by atoms with E-state index in [1.807, 2.05) is 32.0 Å². The summed E-state index contributed by atoms with van der Waals surface area (Å²) in [6, 6.07) is 10.8. The van der Waals surface area contributed by atoms with Gasteiger partial charge in [0.05, 0.1) is 28.1 Å². The second-order valence-corrected chi connectivity index (χ2v) is 5.94. The van der Waals surface area contributed by atoms with Gasteiger partial charge in [-0.25, -0.2) is 15.0 Å². The fourth-order valence-electron chi connectivity index (χ4n) is 2.73. The van der Waals surface area contributed by atoms with Crippen LogP contribution in [-0.2, 0) is 0 Å². The molecule has 0 saturated heterocycles. The Balaban J connectivity index is 1.70. The van der Waals surface area contributed by atoms with Gasteiger partial charge in [-0.3, -0.25) is 4.79 Å². The van der Waals surface area contributed by atoms with E-state index in [-0.39, 0.29) is 5.91 Å². The van der Waals surface area contributed by atoms with Crippen molar-refractivity contribution in [1.29, 1.82) is 0 Å². The molecule has 0 aliphatic carbocycles. The summed E-state index contributed by atoms with van der Waals surface area (Å²) in [6.45, 7) is 5.60. The zero-order chi connectivity index (χ0) is 17.6. The molecule has 2 aromatic heterocycles. The zero-order valence-corrected chi connectivity index (χ0v) is 14.1. The lowest BCUT2D eigenvalue weighted by molar-refractivity contribution is 0.102. The summed E-state index contributed by atoms with van der Waals surface area (Å²) >= 11 is 0. The van der Waals surface area contributed by atoms with Gasteiger partial charge in [0.15, 0.2) is 11.5 Å². The maximum Gasteiger partial charge on any atom is 0.255 e. The minimum Gasteiger partial charge on any atom is -0.439 e. The summed E-state index contributed by atoms with van der Waals surface area (Å²) in [5, 5.41) is 2.88.